The predicted octanol–water partition coefficient (Wildman–Crippen LogP) is 4.65. The van der Waals surface area contributed by atoms with E-state index in [4.69, 9.17) is 19.9 Å². The molecule has 4 aromatic carbocycles. The van der Waals surface area contributed by atoms with Crippen molar-refractivity contribution in [3.05, 3.63) is 102 Å². The molecule has 1 aromatic heterocycles. The summed E-state index contributed by atoms with van der Waals surface area (Å²) in [5, 5.41) is 6.49. The van der Waals surface area contributed by atoms with Crippen LogP contribution >= 0.6 is 11.3 Å². The summed E-state index contributed by atoms with van der Waals surface area (Å²) >= 11 is 1.37. The molecule has 12 heteroatoms. The Morgan fingerprint density at radius 2 is 1.85 bits per heavy atom. The number of thiazole rings is 1. The van der Waals surface area contributed by atoms with Crippen LogP contribution in [0, 0.1) is 0 Å². The predicted molar refractivity (Wildman–Crippen MR) is 182 cm³/mol. The van der Waals surface area contributed by atoms with Crippen LogP contribution in [-0.4, -0.2) is 66.6 Å². The van der Waals surface area contributed by atoms with E-state index in [0.717, 1.165) is 15.8 Å². The van der Waals surface area contributed by atoms with Gasteiger partial charge in [0, 0.05) is 42.7 Å². The zero-order valence-corrected chi connectivity index (χ0v) is 26.9. The van der Waals surface area contributed by atoms with Gasteiger partial charge in [0.15, 0.2) is 11.7 Å². The number of nitrogens with two attached hydrogens (primary N) is 1. The molecule has 2 atom stereocenters. The first-order valence-corrected chi connectivity index (χ1v) is 16.3. The molecule has 0 aliphatic carbocycles. The molecule has 8 rings (SSSR count). The van der Waals surface area contributed by atoms with Gasteiger partial charge in [0.05, 0.1) is 23.4 Å². The number of hydrogen-bond acceptors (Lipinski definition) is 9. The van der Waals surface area contributed by atoms with Gasteiger partial charge in [0.2, 0.25) is 0 Å². The van der Waals surface area contributed by atoms with Gasteiger partial charge in [-0.05, 0) is 71.8 Å². The van der Waals surface area contributed by atoms with Crippen LogP contribution in [0.3, 0.4) is 0 Å². The maximum atomic E-state index is 13.9. The molecule has 11 nitrogen and oxygen atoms in total. The number of rotatable bonds is 2. The molecule has 4 N–H and O–H groups in total. The molecule has 0 saturated carbocycles. The van der Waals surface area contributed by atoms with Crippen molar-refractivity contribution in [3.63, 3.8) is 0 Å². The van der Waals surface area contributed by atoms with E-state index in [1.807, 2.05) is 42.5 Å². The number of fused-ring (bicyclic) bond motifs is 8. The number of hydrogen-bond donors (Lipinski definition) is 3. The number of nitrogens with zero attached hydrogens (tertiary/aromatic N) is 2. The van der Waals surface area contributed by atoms with Gasteiger partial charge in [-0.15, -0.1) is 0 Å². The number of methoxy groups -OCH3 is 1. The van der Waals surface area contributed by atoms with Crippen molar-refractivity contribution in [2.75, 3.05) is 32.5 Å². The van der Waals surface area contributed by atoms with E-state index in [9.17, 15) is 14.4 Å². The van der Waals surface area contributed by atoms with Gasteiger partial charge in [-0.1, -0.05) is 35.6 Å². The summed E-state index contributed by atoms with van der Waals surface area (Å²) in [6, 6.07) is 24.8. The fourth-order valence-corrected chi connectivity index (χ4v) is 6.71. The van der Waals surface area contributed by atoms with Crippen molar-refractivity contribution >= 4 is 44.4 Å². The zero-order chi connectivity index (χ0) is 33.2. The number of amides is 3. The first-order chi connectivity index (χ1) is 23.3. The number of carbonyl (C=O) groups is 3. The summed E-state index contributed by atoms with van der Waals surface area (Å²) < 4.78 is 18.8. The van der Waals surface area contributed by atoms with Gasteiger partial charge in [0.25, 0.3) is 17.7 Å². The molecule has 1 saturated heterocycles. The highest BCUT2D eigenvalue weighted by Gasteiger charge is 2.35. The molecule has 0 spiro atoms. The molecule has 0 radical (unpaired) electrons. The van der Waals surface area contributed by atoms with Crippen LogP contribution in [0.4, 0.5) is 5.13 Å². The second kappa shape index (κ2) is 13.2. The quantitative estimate of drug-likeness (QED) is 0.248. The smallest absolute Gasteiger partial charge is 0.258 e. The molecular formula is C36H33N5O6S. The SMILES string of the molecule is COc1ccc2cc1-c1cccc(c1)OCC(=O)NCc1ccc(cc1)O[C@@H]1CCN(C(=O)c3ccc4sc(N)nc4c3)C[C@H]1NC2=O. The minimum Gasteiger partial charge on any atom is -0.496 e. The lowest BCUT2D eigenvalue weighted by Crippen LogP contribution is -2.58. The zero-order valence-electron chi connectivity index (χ0n) is 26.1. The molecule has 4 heterocycles. The van der Waals surface area contributed by atoms with Gasteiger partial charge in [-0.25, -0.2) is 4.98 Å². The van der Waals surface area contributed by atoms with Crippen molar-refractivity contribution < 1.29 is 28.6 Å². The Labute approximate surface area is 280 Å². The summed E-state index contributed by atoms with van der Waals surface area (Å²) in [4.78, 5) is 46.2. The summed E-state index contributed by atoms with van der Waals surface area (Å²) in [5.41, 5.74) is 9.79. The lowest BCUT2D eigenvalue weighted by Gasteiger charge is -2.39. The fourth-order valence-electron chi connectivity index (χ4n) is 6.00. The number of anilines is 1. The molecule has 3 aliphatic rings. The number of nitrogen functional groups attached to an aromatic ring is 1. The van der Waals surface area contributed by atoms with E-state index in [0.29, 0.717) is 64.1 Å². The Morgan fingerprint density at radius 1 is 1.00 bits per heavy atom. The van der Waals surface area contributed by atoms with Crippen LogP contribution in [0.5, 0.6) is 17.2 Å². The first kappa shape index (κ1) is 31.0. The molecular weight excluding hydrogens is 630 g/mol. The molecule has 244 valence electrons. The average molecular weight is 664 g/mol. The second-order valence-corrected chi connectivity index (χ2v) is 12.7. The summed E-state index contributed by atoms with van der Waals surface area (Å²) in [7, 11) is 1.57. The van der Waals surface area contributed by atoms with E-state index in [-0.39, 0.29) is 30.9 Å². The Morgan fingerprint density at radius 3 is 2.69 bits per heavy atom. The van der Waals surface area contributed by atoms with Crippen molar-refractivity contribution in [2.45, 2.75) is 25.1 Å². The van der Waals surface area contributed by atoms with Gasteiger partial charge < -0.3 is 35.5 Å². The number of piperidine rings is 1. The summed E-state index contributed by atoms with van der Waals surface area (Å²) in [6.45, 7) is 0.840. The molecule has 6 bridgehead atoms. The highest BCUT2D eigenvalue weighted by Crippen LogP contribution is 2.33. The Kier molecular flexibility index (Phi) is 8.55. The number of carbonyl (C=O) groups excluding carboxylic acids is 3. The molecule has 1 fully saturated rings. The van der Waals surface area contributed by atoms with Crippen molar-refractivity contribution in [2.24, 2.45) is 0 Å². The van der Waals surface area contributed by atoms with Crippen LogP contribution in [0.25, 0.3) is 21.3 Å². The van der Waals surface area contributed by atoms with Crippen molar-refractivity contribution in [3.8, 4) is 28.4 Å². The van der Waals surface area contributed by atoms with Crippen LogP contribution in [-0.2, 0) is 11.3 Å². The maximum absolute atomic E-state index is 13.9. The lowest BCUT2D eigenvalue weighted by atomic mass is 9.98. The topological polar surface area (TPSA) is 145 Å². The van der Waals surface area contributed by atoms with E-state index >= 15 is 0 Å². The second-order valence-electron chi connectivity index (χ2n) is 11.7. The summed E-state index contributed by atoms with van der Waals surface area (Å²) in [5.74, 6) is 0.946. The third-order valence-corrected chi connectivity index (χ3v) is 9.35. The third kappa shape index (κ3) is 6.60. The molecule has 3 aliphatic heterocycles. The Bertz CT molecular complexity index is 2010. The largest absolute Gasteiger partial charge is 0.496 e. The first-order valence-electron chi connectivity index (χ1n) is 15.5. The highest BCUT2D eigenvalue weighted by atomic mass is 32.1. The maximum Gasteiger partial charge on any atom is 0.258 e. The molecule has 3 amide bonds. The Hall–Kier alpha value is -5.62. The highest BCUT2D eigenvalue weighted by molar-refractivity contribution is 7.22. The van der Waals surface area contributed by atoms with Gasteiger partial charge in [-0.3, -0.25) is 14.4 Å². The van der Waals surface area contributed by atoms with Gasteiger partial charge in [-0.2, -0.15) is 0 Å². The third-order valence-electron chi connectivity index (χ3n) is 8.48. The van der Waals surface area contributed by atoms with Crippen LogP contribution < -0.4 is 30.6 Å². The van der Waals surface area contributed by atoms with Gasteiger partial charge >= 0.3 is 0 Å². The minimum absolute atomic E-state index is 0.152. The van der Waals surface area contributed by atoms with E-state index in [1.54, 1.807) is 54.5 Å². The molecule has 48 heavy (non-hydrogen) atoms. The van der Waals surface area contributed by atoms with Crippen molar-refractivity contribution in [1.82, 2.24) is 20.5 Å². The number of ether oxygens (including phenoxy) is 3. The van der Waals surface area contributed by atoms with E-state index in [2.05, 4.69) is 15.6 Å². The number of aromatic nitrogens is 1. The van der Waals surface area contributed by atoms with Crippen LogP contribution in [0.1, 0.15) is 32.7 Å². The molecule has 0 unspecified atom stereocenters. The molecule has 5 aromatic rings. The number of benzene rings is 4. The lowest BCUT2D eigenvalue weighted by molar-refractivity contribution is -0.123. The fraction of sp³-hybridized carbons (Fsp3) is 0.222. The normalized spacial score (nSPS) is 18.1. The standard InChI is InChI=1S/C36H33N5O6S/c1-45-30-11-7-23-16-27(30)22-3-2-4-26(15-22)46-20-33(42)38-18-21-5-9-25(10-6-21)47-31-13-14-41(19-29(31)39-34(23)43)35(44)24-8-12-32-28(17-24)40-36(37)48-32/h2-12,15-17,29,31H,13-14,18-20H2,1H3,(H2,37,40)(H,38,42)(H,39,43)/t29-,31-/m1/s1. The monoisotopic (exact) mass is 663 g/mol. The number of nitrogens with one attached hydrogen (secondary N) is 2. The number of likely N-dealkylation sites (tertiary alicyclic amines) is 1. The Balaban J connectivity index is 1.21. The average Bonchev–Trinajstić information content (AvgIpc) is 3.49. The van der Waals surface area contributed by atoms with Gasteiger partial charge in [0.1, 0.15) is 23.4 Å². The van der Waals surface area contributed by atoms with E-state index in [1.165, 1.54) is 11.3 Å². The van der Waals surface area contributed by atoms with Crippen molar-refractivity contribution in [1.29, 1.82) is 0 Å². The van der Waals surface area contributed by atoms with Crippen LogP contribution in [0.15, 0.2) is 84.9 Å². The van der Waals surface area contributed by atoms with Crippen LogP contribution in [0.2, 0.25) is 0 Å². The summed E-state index contributed by atoms with van der Waals surface area (Å²) in [6.07, 6.45) is 0.0719. The minimum atomic E-state index is -0.527. The van der Waals surface area contributed by atoms with E-state index < -0.39 is 12.1 Å².